The van der Waals surface area contributed by atoms with E-state index in [4.69, 9.17) is 5.73 Å². The van der Waals surface area contributed by atoms with Crippen LogP contribution in [0.15, 0.2) is 30.3 Å². The van der Waals surface area contributed by atoms with Crippen molar-refractivity contribution in [2.45, 2.75) is 30.4 Å². The maximum absolute atomic E-state index is 10.9. The number of nitrogens with zero attached hydrogens (tertiary/aromatic N) is 2. The highest BCUT2D eigenvalue weighted by atomic mass is 16.3. The minimum absolute atomic E-state index is 0.232. The summed E-state index contributed by atoms with van der Waals surface area (Å²) in [5.41, 5.74) is 6.05. The van der Waals surface area contributed by atoms with E-state index in [0.29, 0.717) is 6.54 Å². The Hall–Kier alpha value is -0.940. The van der Waals surface area contributed by atoms with Crippen LogP contribution in [0.5, 0.6) is 0 Å². The summed E-state index contributed by atoms with van der Waals surface area (Å²) in [4.78, 5) is 4.55. The topological polar surface area (TPSA) is 52.7 Å². The zero-order valence-corrected chi connectivity index (χ0v) is 13.5. The predicted molar refractivity (Wildman–Crippen MR) is 87.2 cm³/mol. The van der Waals surface area contributed by atoms with Crippen LogP contribution >= 0.6 is 0 Å². The van der Waals surface area contributed by atoms with Crippen molar-refractivity contribution in [3.8, 4) is 0 Å². The maximum atomic E-state index is 10.9. The van der Waals surface area contributed by atoms with Crippen LogP contribution in [0, 0.1) is 0 Å². The molecule has 1 aromatic rings. The molecule has 0 aliphatic heterocycles. The minimum Gasteiger partial charge on any atom is -0.382 e. The zero-order valence-electron chi connectivity index (χ0n) is 13.5. The van der Waals surface area contributed by atoms with Gasteiger partial charge in [-0.3, -0.25) is 0 Å². The molecule has 1 saturated carbocycles. The molecule has 0 saturated heterocycles. The molecule has 0 aromatic heterocycles. The lowest BCUT2D eigenvalue weighted by atomic mass is 9.75. The highest BCUT2D eigenvalue weighted by Crippen LogP contribution is 2.37. The van der Waals surface area contributed by atoms with Crippen LogP contribution in [0.2, 0.25) is 0 Å². The first-order valence-corrected chi connectivity index (χ1v) is 7.76. The van der Waals surface area contributed by atoms with Crippen molar-refractivity contribution >= 4 is 0 Å². The SMILES string of the molecule is CN(CC(O)(CN)c1ccccc1)CC1(N(C)C)CCC1. The smallest absolute Gasteiger partial charge is 0.114 e. The second-order valence-corrected chi connectivity index (χ2v) is 6.75. The molecule has 0 spiro atoms. The molecule has 1 atom stereocenters. The first-order chi connectivity index (χ1) is 9.92. The van der Waals surface area contributed by atoms with Crippen LogP contribution < -0.4 is 5.73 Å². The summed E-state index contributed by atoms with van der Waals surface area (Å²) in [5, 5.41) is 10.9. The molecule has 1 aliphatic rings. The Bertz CT molecular complexity index is 445. The van der Waals surface area contributed by atoms with Crippen LogP contribution in [-0.2, 0) is 5.60 Å². The van der Waals surface area contributed by atoms with Gasteiger partial charge in [-0.05, 0) is 46.0 Å². The fourth-order valence-corrected chi connectivity index (χ4v) is 3.36. The molecule has 118 valence electrons. The molecule has 1 fully saturated rings. The molecule has 1 unspecified atom stereocenters. The van der Waals surface area contributed by atoms with Gasteiger partial charge in [-0.25, -0.2) is 0 Å². The highest BCUT2D eigenvalue weighted by Gasteiger charge is 2.41. The van der Waals surface area contributed by atoms with Crippen LogP contribution in [0.1, 0.15) is 24.8 Å². The van der Waals surface area contributed by atoms with E-state index in [1.165, 1.54) is 19.3 Å². The summed E-state index contributed by atoms with van der Waals surface area (Å²) < 4.78 is 0. The van der Waals surface area contributed by atoms with Crippen LogP contribution in [-0.4, -0.2) is 61.2 Å². The van der Waals surface area contributed by atoms with Gasteiger partial charge in [0.25, 0.3) is 0 Å². The maximum Gasteiger partial charge on any atom is 0.114 e. The van der Waals surface area contributed by atoms with Crippen LogP contribution in [0.3, 0.4) is 0 Å². The lowest BCUT2D eigenvalue weighted by Gasteiger charge is -2.50. The van der Waals surface area contributed by atoms with E-state index in [-0.39, 0.29) is 12.1 Å². The molecule has 4 heteroatoms. The second-order valence-electron chi connectivity index (χ2n) is 6.75. The third-order valence-electron chi connectivity index (χ3n) is 4.98. The quantitative estimate of drug-likeness (QED) is 0.794. The summed E-state index contributed by atoms with van der Waals surface area (Å²) in [5.74, 6) is 0. The molecule has 21 heavy (non-hydrogen) atoms. The van der Waals surface area contributed by atoms with Gasteiger partial charge in [0.2, 0.25) is 0 Å². The number of hydrogen-bond donors (Lipinski definition) is 2. The van der Waals surface area contributed by atoms with Gasteiger partial charge in [-0.1, -0.05) is 30.3 Å². The Kier molecular flexibility index (Phi) is 5.04. The van der Waals surface area contributed by atoms with E-state index in [0.717, 1.165) is 12.1 Å². The fourth-order valence-electron chi connectivity index (χ4n) is 3.36. The molecule has 3 N–H and O–H groups in total. The van der Waals surface area contributed by atoms with Gasteiger partial charge in [0.1, 0.15) is 5.60 Å². The summed E-state index contributed by atoms with van der Waals surface area (Å²) in [7, 11) is 6.38. The largest absolute Gasteiger partial charge is 0.382 e. The van der Waals surface area contributed by atoms with Gasteiger partial charge in [0.15, 0.2) is 0 Å². The summed E-state index contributed by atoms with van der Waals surface area (Å²) in [6.45, 7) is 1.76. The average Bonchev–Trinajstić information content (AvgIpc) is 2.43. The standard InChI is InChI=1S/C17H29N3O/c1-19(2)16(10-7-11-16)13-20(3)14-17(21,12-18)15-8-5-4-6-9-15/h4-6,8-9,21H,7,10-14,18H2,1-3H3. The number of nitrogens with two attached hydrogens (primary N) is 1. The molecule has 4 nitrogen and oxygen atoms in total. The van der Waals surface area contributed by atoms with Crippen molar-refractivity contribution in [2.24, 2.45) is 5.73 Å². The number of hydrogen-bond acceptors (Lipinski definition) is 4. The van der Waals surface area contributed by atoms with Crippen LogP contribution in [0.4, 0.5) is 0 Å². The molecular formula is C17H29N3O. The monoisotopic (exact) mass is 291 g/mol. The van der Waals surface area contributed by atoms with Gasteiger partial charge in [0.05, 0.1) is 0 Å². The average molecular weight is 291 g/mol. The number of aliphatic hydroxyl groups is 1. The van der Waals surface area contributed by atoms with E-state index in [9.17, 15) is 5.11 Å². The normalized spacial score (nSPS) is 20.3. The van der Waals surface area contributed by atoms with E-state index in [1.54, 1.807) is 0 Å². The zero-order chi connectivity index (χ0) is 15.5. The van der Waals surface area contributed by atoms with E-state index in [1.807, 2.05) is 30.3 Å². The molecule has 1 aliphatic carbocycles. The lowest BCUT2D eigenvalue weighted by molar-refractivity contribution is -0.0211. The Balaban J connectivity index is 2.05. The molecule has 0 heterocycles. The van der Waals surface area contributed by atoms with E-state index in [2.05, 4.69) is 30.9 Å². The van der Waals surface area contributed by atoms with Gasteiger partial charge in [-0.15, -0.1) is 0 Å². The first kappa shape index (κ1) is 16.4. The van der Waals surface area contributed by atoms with Crippen LogP contribution in [0.25, 0.3) is 0 Å². The molecular weight excluding hydrogens is 262 g/mol. The molecule has 0 amide bonds. The van der Waals surface area contributed by atoms with Gasteiger partial charge >= 0.3 is 0 Å². The Labute approximate surface area is 128 Å². The van der Waals surface area contributed by atoms with Crippen molar-refractivity contribution in [3.05, 3.63) is 35.9 Å². The van der Waals surface area contributed by atoms with Gasteiger partial charge in [-0.2, -0.15) is 0 Å². The summed E-state index contributed by atoms with van der Waals surface area (Å²) >= 11 is 0. The molecule has 0 radical (unpaired) electrons. The third kappa shape index (κ3) is 3.46. The van der Waals surface area contributed by atoms with Crippen molar-refractivity contribution in [1.82, 2.24) is 9.80 Å². The van der Waals surface area contributed by atoms with Crippen molar-refractivity contribution in [2.75, 3.05) is 40.8 Å². The Morgan fingerprint density at radius 2 is 1.81 bits per heavy atom. The second kappa shape index (κ2) is 6.44. The van der Waals surface area contributed by atoms with E-state index < -0.39 is 5.60 Å². The molecule has 2 rings (SSSR count). The Morgan fingerprint density at radius 3 is 2.24 bits per heavy atom. The molecule has 1 aromatic carbocycles. The Morgan fingerprint density at radius 1 is 1.19 bits per heavy atom. The van der Waals surface area contributed by atoms with Crippen molar-refractivity contribution in [3.63, 3.8) is 0 Å². The summed E-state index contributed by atoms with van der Waals surface area (Å²) in [6.07, 6.45) is 3.76. The van der Waals surface area contributed by atoms with Crippen molar-refractivity contribution < 1.29 is 5.11 Å². The third-order valence-corrected chi connectivity index (χ3v) is 4.98. The number of benzene rings is 1. The molecule has 0 bridgehead atoms. The van der Waals surface area contributed by atoms with Gasteiger partial charge < -0.3 is 20.6 Å². The van der Waals surface area contributed by atoms with E-state index >= 15 is 0 Å². The number of likely N-dealkylation sites (N-methyl/N-ethyl adjacent to an activating group) is 2. The number of rotatable bonds is 7. The lowest BCUT2D eigenvalue weighted by Crippen LogP contribution is -2.58. The van der Waals surface area contributed by atoms with Crippen molar-refractivity contribution in [1.29, 1.82) is 0 Å². The first-order valence-electron chi connectivity index (χ1n) is 7.76. The fraction of sp³-hybridized carbons (Fsp3) is 0.647. The summed E-state index contributed by atoms with van der Waals surface area (Å²) in [6, 6.07) is 9.75. The van der Waals surface area contributed by atoms with Gasteiger partial charge in [0, 0.05) is 25.2 Å². The predicted octanol–water partition coefficient (Wildman–Crippen LogP) is 1.25. The highest BCUT2D eigenvalue weighted by molar-refractivity contribution is 5.23. The minimum atomic E-state index is -0.979.